The number of nitrogens with zero attached hydrogens (tertiary/aromatic N) is 1. The quantitative estimate of drug-likeness (QED) is 0.633. The number of piperidine rings is 1. The van der Waals surface area contributed by atoms with Gasteiger partial charge in [0, 0.05) is 30.8 Å². The Hall–Kier alpha value is -2.66. The third kappa shape index (κ3) is 3.83. The molecule has 2 aromatic rings. The minimum atomic E-state index is -0.204. The molecule has 168 valence electrons. The number of ether oxygens (including phenoxy) is 2. The van der Waals surface area contributed by atoms with Crippen molar-refractivity contribution in [1.82, 2.24) is 4.90 Å². The van der Waals surface area contributed by atoms with Crippen molar-refractivity contribution in [1.29, 1.82) is 0 Å². The molecule has 2 heterocycles. The molecule has 1 spiro atoms. The molecule has 1 saturated carbocycles. The van der Waals surface area contributed by atoms with Gasteiger partial charge in [0.2, 0.25) is 0 Å². The Morgan fingerprint density at radius 2 is 1.84 bits per heavy atom. The topological polar surface area (TPSA) is 55.8 Å². The highest BCUT2D eigenvalue weighted by Gasteiger charge is 2.55. The molecule has 0 bridgehead atoms. The van der Waals surface area contributed by atoms with Crippen LogP contribution >= 0.6 is 0 Å². The van der Waals surface area contributed by atoms with E-state index < -0.39 is 0 Å². The number of hydrogen-bond donors (Lipinski definition) is 0. The second-order valence-electron chi connectivity index (χ2n) is 9.54. The first-order valence-corrected chi connectivity index (χ1v) is 11.7. The van der Waals surface area contributed by atoms with Crippen molar-refractivity contribution < 1.29 is 19.1 Å². The molecule has 1 aliphatic carbocycles. The van der Waals surface area contributed by atoms with E-state index >= 15 is 0 Å². The van der Waals surface area contributed by atoms with Gasteiger partial charge in [-0.05, 0) is 79.7 Å². The molecule has 3 aliphatic rings. The van der Waals surface area contributed by atoms with Gasteiger partial charge in [0.15, 0.2) is 5.78 Å². The third-order valence-corrected chi connectivity index (χ3v) is 7.70. The summed E-state index contributed by atoms with van der Waals surface area (Å²) in [6, 6.07) is 14.3. The van der Waals surface area contributed by atoms with E-state index in [0.29, 0.717) is 16.9 Å². The zero-order valence-electron chi connectivity index (χ0n) is 18.9. The summed E-state index contributed by atoms with van der Waals surface area (Å²) in [6.07, 6.45) is 5.02. The molecule has 0 N–H and O–H groups in total. The third-order valence-electron chi connectivity index (χ3n) is 7.70. The highest BCUT2D eigenvalue weighted by molar-refractivity contribution is 5.96. The predicted molar refractivity (Wildman–Crippen MR) is 123 cm³/mol. The van der Waals surface area contributed by atoms with Crippen molar-refractivity contribution in [3.63, 3.8) is 0 Å². The Morgan fingerprint density at radius 1 is 1.09 bits per heavy atom. The summed E-state index contributed by atoms with van der Waals surface area (Å²) in [5.74, 6) is 1.59. The molecule has 5 heteroatoms. The SMILES string of the molecule is COc1ccc(C(C)=O)cc1-c1ccc([C@H]2CC23CCN(C(=O)[C@H]2CCCO2)CC3)cc1. The Bertz CT molecular complexity index is 1010. The molecule has 2 aliphatic heterocycles. The average molecular weight is 434 g/mol. The summed E-state index contributed by atoms with van der Waals surface area (Å²) in [4.78, 5) is 26.5. The standard InChI is InChI=1S/C27H31NO4/c1-18(29)21-9-10-24(31-2)22(16-21)19-5-7-20(8-6-19)23-17-27(23)11-13-28(14-12-27)26(30)25-4-3-15-32-25/h5-10,16,23,25H,3-4,11-15,17H2,1-2H3/t23-,25-/m1/s1. The van der Waals surface area contributed by atoms with Gasteiger partial charge in [-0.15, -0.1) is 0 Å². The number of ketones is 1. The van der Waals surface area contributed by atoms with Crippen molar-refractivity contribution >= 4 is 11.7 Å². The van der Waals surface area contributed by atoms with Gasteiger partial charge in [-0.2, -0.15) is 0 Å². The van der Waals surface area contributed by atoms with E-state index in [1.54, 1.807) is 14.0 Å². The molecule has 5 nitrogen and oxygen atoms in total. The normalized spacial score (nSPS) is 23.9. The van der Waals surface area contributed by atoms with Gasteiger partial charge >= 0.3 is 0 Å². The maximum Gasteiger partial charge on any atom is 0.251 e. The van der Waals surface area contributed by atoms with Gasteiger partial charge in [0.25, 0.3) is 5.91 Å². The van der Waals surface area contributed by atoms with Crippen molar-refractivity contribution in [3.8, 4) is 16.9 Å². The maximum atomic E-state index is 12.6. The van der Waals surface area contributed by atoms with Crippen molar-refractivity contribution in [2.45, 2.75) is 51.0 Å². The number of carbonyl (C=O) groups excluding carboxylic acids is 2. The van der Waals surface area contributed by atoms with Crippen LogP contribution in [0.3, 0.4) is 0 Å². The number of hydrogen-bond acceptors (Lipinski definition) is 4. The second kappa shape index (κ2) is 8.36. The summed E-state index contributed by atoms with van der Waals surface area (Å²) < 4.78 is 11.1. The zero-order valence-corrected chi connectivity index (χ0v) is 18.9. The fourth-order valence-electron chi connectivity index (χ4n) is 5.57. The van der Waals surface area contributed by atoms with Gasteiger partial charge < -0.3 is 14.4 Å². The van der Waals surface area contributed by atoms with Crippen LogP contribution in [0.15, 0.2) is 42.5 Å². The monoisotopic (exact) mass is 433 g/mol. The van der Waals surface area contributed by atoms with Gasteiger partial charge in [-0.3, -0.25) is 9.59 Å². The lowest BCUT2D eigenvalue weighted by molar-refractivity contribution is -0.142. The Morgan fingerprint density at radius 3 is 2.47 bits per heavy atom. The zero-order chi connectivity index (χ0) is 22.3. The Labute approximate surface area is 189 Å². The first-order valence-electron chi connectivity index (χ1n) is 11.7. The van der Waals surface area contributed by atoms with Gasteiger partial charge in [0.1, 0.15) is 11.9 Å². The van der Waals surface area contributed by atoms with E-state index in [0.717, 1.165) is 62.3 Å². The van der Waals surface area contributed by atoms with E-state index in [2.05, 4.69) is 24.3 Å². The lowest BCUT2D eigenvalue weighted by atomic mass is 9.88. The molecule has 0 aromatic heterocycles. The molecule has 3 fully saturated rings. The van der Waals surface area contributed by atoms with Crippen molar-refractivity contribution in [2.75, 3.05) is 26.8 Å². The number of likely N-dealkylation sites (tertiary alicyclic amines) is 1. The molecular weight excluding hydrogens is 402 g/mol. The van der Waals surface area contributed by atoms with Crippen LogP contribution < -0.4 is 4.74 Å². The Balaban J connectivity index is 1.26. The van der Waals surface area contributed by atoms with Crippen LogP contribution in [0.1, 0.15) is 60.9 Å². The number of Topliss-reactive ketones (excluding diaryl/α,β-unsaturated/α-hetero) is 1. The summed E-state index contributed by atoms with van der Waals surface area (Å²) in [7, 11) is 1.66. The van der Waals surface area contributed by atoms with Crippen LogP contribution in [0.2, 0.25) is 0 Å². The highest BCUT2D eigenvalue weighted by Crippen LogP contribution is 2.65. The number of benzene rings is 2. The first kappa shape index (κ1) is 21.2. The van der Waals surface area contributed by atoms with Crippen LogP contribution in [0.25, 0.3) is 11.1 Å². The van der Waals surface area contributed by atoms with Gasteiger partial charge in [0.05, 0.1) is 7.11 Å². The van der Waals surface area contributed by atoms with Crippen LogP contribution in [0, 0.1) is 5.41 Å². The Kier molecular flexibility index (Phi) is 5.54. The fraction of sp³-hybridized carbons (Fsp3) is 0.481. The lowest BCUT2D eigenvalue weighted by Crippen LogP contribution is -2.44. The van der Waals surface area contributed by atoms with Crippen molar-refractivity contribution in [3.05, 3.63) is 53.6 Å². The number of rotatable bonds is 5. The van der Waals surface area contributed by atoms with Gasteiger partial charge in [-0.1, -0.05) is 24.3 Å². The van der Waals surface area contributed by atoms with E-state index in [4.69, 9.17) is 9.47 Å². The molecule has 2 aromatic carbocycles. The minimum absolute atomic E-state index is 0.0507. The summed E-state index contributed by atoms with van der Waals surface area (Å²) in [5, 5.41) is 0. The van der Waals surface area contributed by atoms with Crippen LogP contribution in [0.5, 0.6) is 5.75 Å². The largest absolute Gasteiger partial charge is 0.496 e. The summed E-state index contributed by atoms with van der Waals surface area (Å²) in [6.45, 7) is 4.00. The maximum absolute atomic E-state index is 12.6. The minimum Gasteiger partial charge on any atom is -0.496 e. The summed E-state index contributed by atoms with van der Waals surface area (Å²) >= 11 is 0. The molecular formula is C27H31NO4. The predicted octanol–water partition coefficient (Wildman–Crippen LogP) is 4.84. The molecule has 0 radical (unpaired) electrons. The fourth-order valence-corrected chi connectivity index (χ4v) is 5.57. The molecule has 1 amide bonds. The van der Waals surface area contributed by atoms with E-state index in [1.165, 1.54) is 12.0 Å². The molecule has 32 heavy (non-hydrogen) atoms. The van der Waals surface area contributed by atoms with Crippen LogP contribution in [0.4, 0.5) is 0 Å². The lowest BCUT2D eigenvalue weighted by Gasteiger charge is -2.34. The smallest absolute Gasteiger partial charge is 0.251 e. The second-order valence-corrected chi connectivity index (χ2v) is 9.54. The van der Waals surface area contributed by atoms with E-state index in [1.807, 2.05) is 23.1 Å². The molecule has 5 rings (SSSR count). The average Bonchev–Trinajstić information content (AvgIpc) is 3.24. The number of carbonyl (C=O) groups is 2. The molecule has 2 saturated heterocycles. The van der Waals surface area contributed by atoms with Crippen molar-refractivity contribution in [2.24, 2.45) is 5.41 Å². The molecule has 0 unspecified atom stereocenters. The number of methoxy groups -OCH3 is 1. The highest BCUT2D eigenvalue weighted by atomic mass is 16.5. The van der Waals surface area contributed by atoms with E-state index in [9.17, 15) is 9.59 Å². The van der Waals surface area contributed by atoms with Gasteiger partial charge in [-0.25, -0.2) is 0 Å². The van der Waals surface area contributed by atoms with Crippen LogP contribution in [-0.4, -0.2) is 49.5 Å². The first-order chi connectivity index (χ1) is 15.5. The van der Waals surface area contributed by atoms with Crippen LogP contribution in [-0.2, 0) is 9.53 Å². The van der Waals surface area contributed by atoms with E-state index in [-0.39, 0.29) is 17.8 Å². The molecule has 2 atom stereocenters. The summed E-state index contributed by atoms with van der Waals surface area (Å²) in [5.41, 5.74) is 4.41. The number of amides is 1.